The summed E-state index contributed by atoms with van der Waals surface area (Å²) in [7, 11) is 0. The number of Topliss-reactive ketones (excluding diaryl/α,β-unsaturated/α-hetero) is 1. The molecule has 36 heavy (non-hydrogen) atoms. The third kappa shape index (κ3) is 7.32. The van der Waals surface area contributed by atoms with Gasteiger partial charge in [0.25, 0.3) is 0 Å². The van der Waals surface area contributed by atoms with Crippen LogP contribution in [0.2, 0.25) is 0 Å². The van der Waals surface area contributed by atoms with Crippen LogP contribution in [0.25, 0.3) is 0 Å². The number of aliphatic imine (C=N–C) groups is 1. The van der Waals surface area contributed by atoms with Crippen molar-refractivity contribution in [1.29, 1.82) is 0 Å². The lowest BCUT2D eigenvalue weighted by molar-refractivity contribution is -0.145. The van der Waals surface area contributed by atoms with Gasteiger partial charge < -0.3 is 14.8 Å². The van der Waals surface area contributed by atoms with Crippen molar-refractivity contribution < 1.29 is 23.9 Å². The maximum Gasteiger partial charge on any atom is 0.331 e. The minimum atomic E-state index is -0.368. The number of carbonyl (C=O) groups is 3. The highest BCUT2D eigenvalue weighted by Gasteiger charge is 2.38. The maximum absolute atomic E-state index is 12.0. The van der Waals surface area contributed by atoms with Crippen LogP contribution in [-0.4, -0.2) is 60.2 Å². The number of fused-ring (bicyclic) bond motifs is 1. The Hall–Kier alpha value is -1.45. The van der Waals surface area contributed by atoms with Gasteiger partial charge in [-0.05, 0) is 43.9 Å². The minimum Gasteiger partial charge on any atom is -0.464 e. The lowest BCUT2D eigenvalue weighted by Crippen LogP contribution is -2.45. The molecule has 0 saturated heterocycles. The molecule has 2 unspecified atom stereocenters. The number of carbonyl (C=O) groups excluding carboxylic acids is 3. The highest BCUT2D eigenvalue weighted by atomic mass is 35.5. The Bertz CT molecular complexity index is 1000. The normalized spacial score (nSPS) is 26.4. The monoisotopic (exact) mass is 556 g/mol. The van der Waals surface area contributed by atoms with Gasteiger partial charge in [-0.15, -0.1) is 23.5 Å². The Morgan fingerprint density at radius 1 is 0.944 bits per heavy atom. The van der Waals surface area contributed by atoms with E-state index in [4.69, 9.17) is 21.1 Å². The van der Waals surface area contributed by atoms with Crippen LogP contribution >= 0.6 is 35.1 Å². The Labute approximate surface area is 227 Å². The Kier molecular flexibility index (Phi) is 9.66. The van der Waals surface area contributed by atoms with Crippen LogP contribution in [0.15, 0.2) is 25.5 Å². The van der Waals surface area contributed by atoms with Crippen LogP contribution in [0.1, 0.15) is 67.2 Å². The molecule has 0 saturated carbocycles. The number of allylic oxidation sites excluding steroid dienone is 4. The molecule has 0 bridgehead atoms. The average molecular weight is 557 g/mol. The number of hydrogen-bond donors (Lipinski definition) is 1. The van der Waals surface area contributed by atoms with Gasteiger partial charge in [-0.1, -0.05) is 39.3 Å². The molecule has 2 heterocycles. The van der Waals surface area contributed by atoms with E-state index in [2.05, 4.69) is 38.0 Å². The molecule has 2 aliphatic carbocycles. The van der Waals surface area contributed by atoms with E-state index in [-0.39, 0.29) is 40.6 Å². The molecule has 0 aromatic rings. The highest BCUT2D eigenvalue weighted by Crippen LogP contribution is 2.45. The standard InChI is InChI=1S/C13H18ClNO2S.C13H19NO3S/c1-4-17-12(16)10-7-18-11-8(14)5-13(2,3)6-9(11)15-10;1-4-17-12(16)9-7-18-11-8(14-9)5-13(2,3)6-10(11)15/h10H,4-7H2,1-3H3;9,14H,4-7H2,1-3H3. The minimum absolute atomic E-state index is 0.0278. The Balaban J connectivity index is 0.000000201. The summed E-state index contributed by atoms with van der Waals surface area (Å²) in [6.07, 6.45) is 3.17. The van der Waals surface area contributed by atoms with Crippen LogP contribution in [0, 0.1) is 10.8 Å². The summed E-state index contributed by atoms with van der Waals surface area (Å²) in [4.78, 5) is 41.9. The molecule has 0 fully saturated rings. The van der Waals surface area contributed by atoms with Gasteiger partial charge in [-0.3, -0.25) is 9.79 Å². The van der Waals surface area contributed by atoms with Crippen LogP contribution in [0.3, 0.4) is 0 Å². The molecule has 10 heteroatoms. The molecule has 200 valence electrons. The van der Waals surface area contributed by atoms with Crippen LogP contribution in [-0.2, 0) is 23.9 Å². The van der Waals surface area contributed by atoms with Gasteiger partial charge in [0, 0.05) is 33.6 Å². The zero-order valence-electron chi connectivity index (χ0n) is 22.0. The van der Waals surface area contributed by atoms with Gasteiger partial charge >= 0.3 is 11.9 Å². The first-order valence-electron chi connectivity index (χ1n) is 12.4. The quantitative estimate of drug-likeness (QED) is 0.470. The molecular formula is C26H37ClN2O5S2. The summed E-state index contributed by atoms with van der Waals surface area (Å²) in [6.45, 7) is 12.9. The summed E-state index contributed by atoms with van der Waals surface area (Å²) in [5, 5.41) is 4.08. The molecule has 0 spiro atoms. The van der Waals surface area contributed by atoms with Crippen molar-refractivity contribution in [3.05, 3.63) is 20.5 Å². The second-order valence-electron chi connectivity index (χ2n) is 10.9. The number of rotatable bonds is 4. The van der Waals surface area contributed by atoms with E-state index < -0.39 is 0 Å². The van der Waals surface area contributed by atoms with Crippen molar-refractivity contribution >= 4 is 58.6 Å². The van der Waals surface area contributed by atoms with E-state index in [0.29, 0.717) is 31.1 Å². The van der Waals surface area contributed by atoms with Crippen LogP contribution < -0.4 is 5.32 Å². The molecule has 7 nitrogen and oxygen atoms in total. The van der Waals surface area contributed by atoms with Gasteiger partial charge in [-0.2, -0.15) is 0 Å². The lowest BCUT2D eigenvalue weighted by atomic mass is 9.78. The van der Waals surface area contributed by atoms with Crippen molar-refractivity contribution in [2.45, 2.75) is 79.3 Å². The Morgan fingerprint density at radius 3 is 2.22 bits per heavy atom. The molecule has 2 aliphatic heterocycles. The van der Waals surface area contributed by atoms with Gasteiger partial charge in [-0.25, -0.2) is 9.59 Å². The number of thioether (sulfide) groups is 2. The van der Waals surface area contributed by atoms with Gasteiger partial charge in [0.15, 0.2) is 11.8 Å². The number of esters is 2. The SMILES string of the molecule is CCOC(=O)C1CSC2=C(CC(C)(C)CC2=O)N1.CCOC(=O)C1CSC2=C(Cl)CC(C)(C)CC2=N1. The number of nitrogens with zero attached hydrogens (tertiary/aromatic N) is 1. The summed E-state index contributed by atoms with van der Waals surface area (Å²) in [5.74, 6) is 0.947. The van der Waals surface area contributed by atoms with Crippen LogP contribution in [0.5, 0.6) is 0 Å². The first-order chi connectivity index (χ1) is 16.9. The zero-order chi connectivity index (χ0) is 26.7. The van der Waals surface area contributed by atoms with Crippen LogP contribution in [0.4, 0.5) is 0 Å². The highest BCUT2D eigenvalue weighted by molar-refractivity contribution is 8.04. The largest absolute Gasteiger partial charge is 0.464 e. The van der Waals surface area contributed by atoms with Crippen molar-refractivity contribution in [3.63, 3.8) is 0 Å². The summed E-state index contributed by atoms with van der Waals surface area (Å²) in [6, 6.07) is -0.692. The molecular weight excluding hydrogens is 520 g/mol. The summed E-state index contributed by atoms with van der Waals surface area (Å²) in [5.41, 5.74) is 1.99. The van der Waals surface area contributed by atoms with Crippen molar-refractivity contribution in [2.24, 2.45) is 15.8 Å². The fourth-order valence-corrected chi connectivity index (χ4v) is 7.42. The topological polar surface area (TPSA) is 94.1 Å². The average Bonchev–Trinajstić information content (AvgIpc) is 2.77. The molecule has 1 N–H and O–H groups in total. The van der Waals surface area contributed by atoms with Gasteiger partial charge in [0.05, 0.1) is 23.8 Å². The first kappa shape index (κ1) is 29.1. The molecule has 0 amide bonds. The number of ether oxygens (including phenoxy) is 2. The summed E-state index contributed by atoms with van der Waals surface area (Å²) < 4.78 is 10.0. The third-order valence-corrected chi connectivity index (χ3v) is 9.13. The van der Waals surface area contributed by atoms with Gasteiger partial charge in [0.2, 0.25) is 0 Å². The molecule has 2 atom stereocenters. The van der Waals surface area contributed by atoms with E-state index in [1.807, 2.05) is 6.92 Å². The molecule has 0 aromatic heterocycles. The fourth-order valence-electron chi connectivity index (χ4n) is 4.64. The maximum atomic E-state index is 12.0. The number of nitrogens with one attached hydrogen (secondary N) is 1. The number of halogens is 1. The fraction of sp³-hybridized carbons (Fsp3) is 0.692. The molecule has 0 radical (unpaired) electrons. The second kappa shape index (κ2) is 11.9. The molecule has 4 aliphatic rings. The van der Waals surface area contributed by atoms with E-state index in [0.717, 1.165) is 45.5 Å². The smallest absolute Gasteiger partial charge is 0.331 e. The zero-order valence-corrected chi connectivity index (χ0v) is 24.4. The van der Waals surface area contributed by atoms with Crippen molar-refractivity contribution in [2.75, 3.05) is 24.7 Å². The van der Waals surface area contributed by atoms with E-state index in [1.165, 1.54) is 11.8 Å². The lowest BCUT2D eigenvalue weighted by Gasteiger charge is -2.36. The van der Waals surface area contributed by atoms with E-state index in [1.54, 1.807) is 18.7 Å². The predicted molar refractivity (Wildman–Crippen MR) is 147 cm³/mol. The Morgan fingerprint density at radius 2 is 1.56 bits per heavy atom. The van der Waals surface area contributed by atoms with Gasteiger partial charge in [0.1, 0.15) is 6.04 Å². The number of ketones is 1. The van der Waals surface area contributed by atoms with E-state index >= 15 is 0 Å². The number of hydrogen-bond acceptors (Lipinski definition) is 9. The van der Waals surface area contributed by atoms with Crippen molar-refractivity contribution in [1.82, 2.24) is 5.32 Å². The van der Waals surface area contributed by atoms with E-state index in [9.17, 15) is 14.4 Å². The predicted octanol–water partition coefficient (Wildman–Crippen LogP) is 5.23. The molecule has 4 rings (SSSR count). The second-order valence-corrected chi connectivity index (χ2v) is 13.4. The summed E-state index contributed by atoms with van der Waals surface area (Å²) >= 11 is 9.44. The third-order valence-electron chi connectivity index (χ3n) is 6.18. The first-order valence-corrected chi connectivity index (χ1v) is 14.8. The molecule has 0 aromatic carbocycles. The van der Waals surface area contributed by atoms with Crippen molar-refractivity contribution in [3.8, 4) is 0 Å².